The van der Waals surface area contributed by atoms with Crippen LogP contribution in [0.3, 0.4) is 0 Å². The van der Waals surface area contributed by atoms with Crippen LogP contribution in [0.1, 0.15) is 13.8 Å². The lowest BCUT2D eigenvalue weighted by molar-refractivity contribution is -0.130. The molecule has 0 aliphatic carbocycles. The Morgan fingerprint density at radius 3 is 2.46 bits per heavy atom. The highest BCUT2D eigenvalue weighted by Crippen LogP contribution is 2.24. The minimum Gasteiger partial charge on any atom is -0.339 e. The number of nitrogens with zero attached hydrogens (tertiary/aromatic N) is 3. The summed E-state index contributed by atoms with van der Waals surface area (Å²) in [6.07, 6.45) is 0. The van der Waals surface area contributed by atoms with Gasteiger partial charge in [-0.1, -0.05) is 44.2 Å². The summed E-state index contributed by atoms with van der Waals surface area (Å²) in [5.41, 5.74) is 0. The average molecular weight is 368 g/mol. The smallest absolute Gasteiger partial charge is 0.233 e. The summed E-state index contributed by atoms with van der Waals surface area (Å²) >= 11 is 1.60. The SMILES string of the molecule is CC(C)C(C#N)N1CCN(C(=O)CSc2ccc3ccccc3c2)CC1. The molecule has 0 aromatic heterocycles. The zero-order chi connectivity index (χ0) is 18.5. The highest BCUT2D eigenvalue weighted by Gasteiger charge is 2.27. The predicted molar refractivity (Wildman–Crippen MR) is 107 cm³/mol. The second kappa shape index (κ2) is 8.57. The molecule has 1 fully saturated rings. The van der Waals surface area contributed by atoms with Crippen molar-refractivity contribution in [2.75, 3.05) is 31.9 Å². The third-order valence-corrected chi connectivity index (χ3v) is 5.89. The van der Waals surface area contributed by atoms with Gasteiger partial charge in [-0.15, -0.1) is 11.8 Å². The molecule has 1 unspecified atom stereocenters. The van der Waals surface area contributed by atoms with Gasteiger partial charge in [-0.2, -0.15) is 5.26 Å². The van der Waals surface area contributed by atoms with Crippen LogP contribution in [0.4, 0.5) is 0 Å². The third-order valence-electron chi connectivity index (χ3n) is 4.91. The first-order valence-electron chi connectivity index (χ1n) is 9.11. The fourth-order valence-corrected chi connectivity index (χ4v) is 4.24. The van der Waals surface area contributed by atoms with E-state index in [1.807, 2.05) is 17.0 Å². The van der Waals surface area contributed by atoms with Gasteiger partial charge < -0.3 is 4.90 Å². The van der Waals surface area contributed by atoms with Crippen molar-refractivity contribution in [3.63, 3.8) is 0 Å². The average Bonchev–Trinajstić information content (AvgIpc) is 2.66. The zero-order valence-corrected chi connectivity index (χ0v) is 16.2. The van der Waals surface area contributed by atoms with Gasteiger partial charge in [0.15, 0.2) is 0 Å². The van der Waals surface area contributed by atoms with Gasteiger partial charge in [-0.3, -0.25) is 9.69 Å². The van der Waals surface area contributed by atoms with Gasteiger partial charge in [0.1, 0.15) is 6.04 Å². The molecular weight excluding hydrogens is 342 g/mol. The van der Waals surface area contributed by atoms with Gasteiger partial charge in [0.2, 0.25) is 5.91 Å². The van der Waals surface area contributed by atoms with E-state index in [0.717, 1.165) is 18.0 Å². The summed E-state index contributed by atoms with van der Waals surface area (Å²) in [6.45, 7) is 7.13. The zero-order valence-electron chi connectivity index (χ0n) is 15.4. The normalized spacial score (nSPS) is 16.6. The summed E-state index contributed by atoms with van der Waals surface area (Å²) in [4.78, 5) is 17.8. The highest BCUT2D eigenvalue weighted by molar-refractivity contribution is 8.00. The van der Waals surface area contributed by atoms with Gasteiger partial charge in [0.05, 0.1) is 11.8 Å². The van der Waals surface area contributed by atoms with Crippen LogP contribution in [-0.4, -0.2) is 53.7 Å². The van der Waals surface area contributed by atoms with E-state index in [-0.39, 0.29) is 11.9 Å². The van der Waals surface area contributed by atoms with Gasteiger partial charge in [0, 0.05) is 31.1 Å². The Hall–Kier alpha value is -2.03. The Kier molecular flexibility index (Phi) is 6.18. The van der Waals surface area contributed by atoms with E-state index in [2.05, 4.69) is 55.1 Å². The van der Waals surface area contributed by atoms with Crippen LogP contribution in [0.25, 0.3) is 10.8 Å². The lowest BCUT2D eigenvalue weighted by atomic mass is 10.0. The molecule has 1 amide bonds. The van der Waals surface area contributed by atoms with Gasteiger partial charge in [0.25, 0.3) is 0 Å². The van der Waals surface area contributed by atoms with E-state index in [0.29, 0.717) is 24.8 Å². The quantitative estimate of drug-likeness (QED) is 0.757. The van der Waals surface area contributed by atoms with Crippen molar-refractivity contribution in [2.24, 2.45) is 5.92 Å². The van der Waals surface area contributed by atoms with Gasteiger partial charge >= 0.3 is 0 Å². The maximum Gasteiger partial charge on any atom is 0.233 e. The lowest BCUT2D eigenvalue weighted by Crippen LogP contribution is -2.53. The van der Waals surface area contributed by atoms with Crippen molar-refractivity contribution in [1.82, 2.24) is 9.80 Å². The van der Waals surface area contributed by atoms with Crippen LogP contribution in [0.2, 0.25) is 0 Å². The van der Waals surface area contributed by atoms with Crippen molar-refractivity contribution in [2.45, 2.75) is 24.8 Å². The van der Waals surface area contributed by atoms with Crippen molar-refractivity contribution >= 4 is 28.4 Å². The summed E-state index contributed by atoms with van der Waals surface area (Å²) in [5, 5.41) is 11.8. The number of carbonyl (C=O) groups excluding carboxylic acids is 1. The standard InChI is InChI=1S/C21H25N3OS/c1-16(2)20(14-22)23-9-11-24(12-10-23)21(25)15-26-19-8-7-17-5-3-4-6-18(17)13-19/h3-8,13,16,20H,9-12,15H2,1-2H3. The molecule has 2 aromatic rings. The molecule has 0 saturated carbocycles. The van der Waals surface area contributed by atoms with Crippen LogP contribution in [-0.2, 0) is 4.79 Å². The van der Waals surface area contributed by atoms with E-state index < -0.39 is 0 Å². The number of nitriles is 1. The third kappa shape index (κ3) is 4.38. The van der Waals surface area contributed by atoms with Crippen molar-refractivity contribution in [3.05, 3.63) is 42.5 Å². The minimum absolute atomic E-state index is 0.0563. The molecule has 1 aliphatic rings. The van der Waals surface area contributed by atoms with Gasteiger partial charge in [-0.25, -0.2) is 0 Å². The molecule has 3 rings (SSSR count). The van der Waals surface area contributed by atoms with E-state index in [1.54, 1.807) is 11.8 Å². The van der Waals surface area contributed by atoms with Gasteiger partial charge in [-0.05, 0) is 28.8 Å². The Balaban J connectivity index is 1.52. The second-order valence-corrected chi connectivity index (χ2v) is 8.08. The minimum atomic E-state index is -0.0563. The van der Waals surface area contributed by atoms with Crippen LogP contribution < -0.4 is 0 Å². The monoisotopic (exact) mass is 367 g/mol. The van der Waals surface area contributed by atoms with E-state index in [4.69, 9.17) is 0 Å². The molecule has 0 spiro atoms. The molecule has 0 bridgehead atoms. The van der Waals surface area contributed by atoms with Crippen LogP contribution >= 0.6 is 11.8 Å². The fourth-order valence-electron chi connectivity index (χ4n) is 3.40. The maximum absolute atomic E-state index is 12.5. The predicted octanol–water partition coefficient (Wildman–Crippen LogP) is 3.62. The molecule has 1 heterocycles. The Bertz CT molecular complexity index is 806. The van der Waals surface area contributed by atoms with Crippen LogP contribution in [0.15, 0.2) is 47.4 Å². The number of hydrogen-bond donors (Lipinski definition) is 0. The first-order valence-corrected chi connectivity index (χ1v) is 10.1. The van der Waals surface area contributed by atoms with Crippen molar-refractivity contribution in [3.8, 4) is 6.07 Å². The number of carbonyl (C=O) groups is 1. The molecule has 1 atom stereocenters. The lowest BCUT2D eigenvalue weighted by Gasteiger charge is -2.38. The summed E-state index contributed by atoms with van der Waals surface area (Å²) in [6, 6.07) is 16.9. The number of fused-ring (bicyclic) bond motifs is 1. The molecule has 5 heteroatoms. The van der Waals surface area contributed by atoms with Crippen molar-refractivity contribution in [1.29, 1.82) is 5.26 Å². The summed E-state index contributed by atoms with van der Waals surface area (Å²) in [5.74, 6) is 0.955. The molecule has 0 radical (unpaired) electrons. The van der Waals surface area contributed by atoms with Crippen LogP contribution in [0, 0.1) is 17.2 Å². The molecule has 26 heavy (non-hydrogen) atoms. The number of hydrogen-bond acceptors (Lipinski definition) is 4. The Morgan fingerprint density at radius 2 is 1.81 bits per heavy atom. The molecule has 2 aromatic carbocycles. The largest absolute Gasteiger partial charge is 0.339 e. The van der Waals surface area contributed by atoms with E-state index in [1.165, 1.54) is 10.8 Å². The summed E-state index contributed by atoms with van der Waals surface area (Å²) in [7, 11) is 0. The maximum atomic E-state index is 12.5. The van der Waals surface area contributed by atoms with Crippen molar-refractivity contribution < 1.29 is 4.79 Å². The van der Waals surface area contributed by atoms with Crippen LogP contribution in [0.5, 0.6) is 0 Å². The number of thioether (sulfide) groups is 1. The first kappa shape index (κ1) is 18.8. The molecule has 136 valence electrons. The highest BCUT2D eigenvalue weighted by atomic mass is 32.2. The number of amides is 1. The molecule has 0 N–H and O–H groups in total. The summed E-state index contributed by atoms with van der Waals surface area (Å²) < 4.78 is 0. The number of piperazine rings is 1. The second-order valence-electron chi connectivity index (χ2n) is 7.03. The molecule has 1 saturated heterocycles. The van der Waals surface area contributed by atoms with E-state index in [9.17, 15) is 10.1 Å². The molecule has 1 aliphatic heterocycles. The molecular formula is C21H25N3OS. The Morgan fingerprint density at radius 1 is 1.12 bits per heavy atom. The topological polar surface area (TPSA) is 47.3 Å². The molecule has 4 nitrogen and oxygen atoms in total. The Labute approximate surface area is 159 Å². The number of rotatable bonds is 5. The van der Waals surface area contributed by atoms with E-state index >= 15 is 0 Å². The first-order chi connectivity index (χ1) is 12.6. The number of benzene rings is 2. The fraction of sp³-hybridized carbons (Fsp3) is 0.429.